The number of hydrogen-bond donors (Lipinski definition) is 1. The van der Waals surface area contributed by atoms with Crippen molar-refractivity contribution in [3.63, 3.8) is 0 Å². The summed E-state index contributed by atoms with van der Waals surface area (Å²) >= 11 is 17.5. The van der Waals surface area contributed by atoms with E-state index in [0.717, 1.165) is 30.3 Å². The first kappa shape index (κ1) is 20.2. The Morgan fingerprint density at radius 3 is 2.23 bits per heavy atom. The molecular formula is C14H9Cl3N2O6S. The van der Waals surface area contributed by atoms with Gasteiger partial charge in [0.1, 0.15) is 6.54 Å². The molecule has 8 nitrogen and oxygen atoms in total. The van der Waals surface area contributed by atoms with Crippen LogP contribution >= 0.6 is 34.8 Å². The summed E-state index contributed by atoms with van der Waals surface area (Å²) in [6, 6.07) is 6.44. The van der Waals surface area contributed by atoms with E-state index in [-0.39, 0.29) is 25.7 Å². The van der Waals surface area contributed by atoms with Crippen LogP contribution in [0.5, 0.6) is 0 Å². The Bertz CT molecular complexity index is 996. The molecule has 0 atom stereocenters. The third kappa shape index (κ3) is 4.18. The van der Waals surface area contributed by atoms with E-state index in [4.69, 9.17) is 39.9 Å². The first-order chi connectivity index (χ1) is 12.0. The second kappa shape index (κ2) is 7.67. The lowest BCUT2D eigenvalue weighted by atomic mass is 10.3. The lowest BCUT2D eigenvalue weighted by molar-refractivity contribution is -0.384. The second-order valence-electron chi connectivity index (χ2n) is 4.87. The number of rotatable bonds is 6. The highest BCUT2D eigenvalue weighted by Crippen LogP contribution is 2.34. The van der Waals surface area contributed by atoms with Gasteiger partial charge < -0.3 is 5.11 Å². The average Bonchev–Trinajstić information content (AvgIpc) is 2.55. The number of carboxylic acid groups (broad SMARTS) is 1. The zero-order chi connectivity index (χ0) is 19.6. The van der Waals surface area contributed by atoms with Crippen LogP contribution in [0.1, 0.15) is 0 Å². The molecule has 0 saturated heterocycles. The topological polar surface area (TPSA) is 118 Å². The number of carboxylic acids is 1. The molecule has 0 spiro atoms. The minimum absolute atomic E-state index is 0.0619. The van der Waals surface area contributed by atoms with E-state index in [1.54, 1.807) is 0 Å². The normalized spacial score (nSPS) is 11.2. The van der Waals surface area contributed by atoms with Gasteiger partial charge in [-0.05, 0) is 24.3 Å². The summed E-state index contributed by atoms with van der Waals surface area (Å²) in [5, 5.41) is 19.9. The monoisotopic (exact) mass is 438 g/mol. The minimum atomic E-state index is -4.45. The Kier molecular flexibility index (Phi) is 5.97. The first-order valence-electron chi connectivity index (χ1n) is 6.67. The predicted molar refractivity (Wildman–Crippen MR) is 96.7 cm³/mol. The number of nitrogens with zero attached hydrogens (tertiary/aromatic N) is 2. The number of nitro groups is 1. The molecule has 1 N–H and O–H groups in total. The molecule has 0 unspecified atom stereocenters. The molecule has 26 heavy (non-hydrogen) atoms. The Balaban J connectivity index is 2.67. The highest BCUT2D eigenvalue weighted by molar-refractivity contribution is 7.92. The Labute approximate surface area is 162 Å². The quantitative estimate of drug-likeness (QED) is 0.540. The van der Waals surface area contributed by atoms with Crippen molar-refractivity contribution in [2.75, 3.05) is 10.8 Å². The minimum Gasteiger partial charge on any atom is -0.480 e. The summed E-state index contributed by atoms with van der Waals surface area (Å²) < 4.78 is 26.2. The molecule has 2 aromatic carbocycles. The SMILES string of the molecule is O=C(O)CN(c1cc([N+](=O)[O-])ccc1Cl)S(=O)(=O)c1ccc(Cl)c(Cl)c1. The van der Waals surface area contributed by atoms with Gasteiger partial charge in [-0.15, -0.1) is 0 Å². The predicted octanol–water partition coefficient (Wildman–Crippen LogP) is 3.83. The summed E-state index contributed by atoms with van der Waals surface area (Å²) in [6.45, 7) is -1.01. The van der Waals surface area contributed by atoms with Gasteiger partial charge in [-0.1, -0.05) is 34.8 Å². The van der Waals surface area contributed by atoms with Gasteiger partial charge in [0.25, 0.3) is 15.7 Å². The highest BCUT2D eigenvalue weighted by atomic mass is 35.5. The number of anilines is 1. The number of benzene rings is 2. The van der Waals surface area contributed by atoms with Crippen molar-refractivity contribution in [2.24, 2.45) is 0 Å². The zero-order valence-corrected chi connectivity index (χ0v) is 15.7. The van der Waals surface area contributed by atoms with Gasteiger partial charge in [0, 0.05) is 12.1 Å². The largest absolute Gasteiger partial charge is 0.480 e. The van der Waals surface area contributed by atoms with E-state index in [0.29, 0.717) is 4.31 Å². The fourth-order valence-corrected chi connectivity index (χ4v) is 4.08. The van der Waals surface area contributed by atoms with Crippen LogP contribution in [0.2, 0.25) is 15.1 Å². The van der Waals surface area contributed by atoms with Gasteiger partial charge in [-0.25, -0.2) is 8.42 Å². The molecule has 2 aromatic rings. The van der Waals surface area contributed by atoms with Crippen LogP contribution in [0.15, 0.2) is 41.3 Å². The van der Waals surface area contributed by atoms with Crippen LogP contribution < -0.4 is 4.31 Å². The van der Waals surface area contributed by atoms with Crippen LogP contribution in [0, 0.1) is 10.1 Å². The Hall–Kier alpha value is -2.07. The van der Waals surface area contributed by atoms with Gasteiger partial charge in [0.2, 0.25) is 0 Å². The van der Waals surface area contributed by atoms with Crippen molar-refractivity contribution in [3.05, 3.63) is 61.6 Å². The molecule has 0 aliphatic rings. The van der Waals surface area contributed by atoms with Crippen LogP contribution in [0.3, 0.4) is 0 Å². The van der Waals surface area contributed by atoms with Gasteiger partial charge >= 0.3 is 5.97 Å². The maximum atomic E-state index is 12.9. The molecule has 0 aromatic heterocycles. The van der Waals surface area contributed by atoms with Crippen molar-refractivity contribution in [1.29, 1.82) is 0 Å². The number of nitro benzene ring substituents is 1. The fourth-order valence-electron chi connectivity index (χ4n) is 1.99. The second-order valence-corrected chi connectivity index (χ2v) is 7.96. The van der Waals surface area contributed by atoms with Crippen molar-refractivity contribution in [1.82, 2.24) is 0 Å². The Morgan fingerprint density at radius 1 is 1.08 bits per heavy atom. The van der Waals surface area contributed by atoms with Crippen molar-refractivity contribution < 1.29 is 23.2 Å². The molecular weight excluding hydrogens is 431 g/mol. The van der Waals surface area contributed by atoms with E-state index < -0.39 is 33.1 Å². The van der Waals surface area contributed by atoms with E-state index in [2.05, 4.69) is 0 Å². The number of non-ortho nitro benzene ring substituents is 1. The maximum absolute atomic E-state index is 12.9. The molecule has 0 aliphatic heterocycles. The smallest absolute Gasteiger partial charge is 0.324 e. The molecule has 0 radical (unpaired) electrons. The summed E-state index contributed by atoms with van der Waals surface area (Å²) in [5.74, 6) is -1.49. The molecule has 12 heteroatoms. The van der Waals surface area contributed by atoms with Crippen molar-refractivity contribution in [3.8, 4) is 0 Å². The standard InChI is InChI=1S/C14H9Cl3N2O6S/c15-10-4-2-9(6-12(10)17)26(24,25)18(7-14(20)21)13-5-8(19(22)23)1-3-11(13)16/h1-6H,7H2,(H,20,21). The highest BCUT2D eigenvalue weighted by Gasteiger charge is 2.30. The molecule has 0 heterocycles. The van der Waals surface area contributed by atoms with E-state index in [9.17, 15) is 23.3 Å². The summed E-state index contributed by atoms with van der Waals surface area (Å²) in [7, 11) is -4.45. The van der Waals surface area contributed by atoms with E-state index in [1.165, 1.54) is 6.07 Å². The number of halogens is 3. The summed E-state index contributed by atoms with van der Waals surface area (Å²) in [4.78, 5) is 21.0. The molecule has 0 bridgehead atoms. The molecule has 0 fully saturated rings. The van der Waals surface area contributed by atoms with Gasteiger partial charge in [-0.2, -0.15) is 0 Å². The molecule has 138 valence electrons. The maximum Gasteiger partial charge on any atom is 0.324 e. The van der Waals surface area contributed by atoms with Crippen molar-refractivity contribution in [2.45, 2.75) is 4.90 Å². The Morgan fingerprint density at radius 2 is 1.69 bits per heavy atom. The van der Waals surface area contributed by atoms with Crippen molar-refractivity contribution >= 4 is 62.2 Å². The molecule has 0 aliphatic carbocycles. The third-order valence-electron chi connectivity index (χ3n) is 3.17. The van der Waals surface area contributed by atoms with E-state index in [1.807, 2.05) is 0 Å². The number of carbonyl (C=O) groups is 1. The van der Waals surface area contributed by atoms with Crippen LogP contribution in [-0.2, 0) is 14.8 Å². The lowest BCUT2D eigenvalue weighted by Gasteiger charge is -2.23. The van der Waals surface area contributed by atoms with Gasteiger partial charge in [0.05, 0.1) is 30.6 Å². The zero-order valence-electron chi connectivity index (χ0n) is 12.6. The van der Waals surface area contributed by atoms with Crippen LogP contribution in [-0.4, -0.2) is 31.0 Å². The summed E-state index contributed by atoms with van der Waals surface area (Å²) in [6.07, 6.45) is 0. The number of hydrogen-bond acceptors (Lipinski definition) is 5. The number of sulfonamides is 1. The fraction of sp³-hybridized carbons (Fsp3) is 0.0714. The van der Waals surface area contributed by atoms with Gasteiger partial charge in [0.15, 0.2) is 0 Å². The van der Waals surface area contributed by atoms with E-state index >= 15 is 0 Å². The molecule has 2 rings (SSSR count). The van der Waals surface area contributed by atoms with Crippen LogP contribution in [0.25, 0.3) is 0 Å². The first-order valence-corrected chi connectivity index (χ1v) is 9.25. The number of aliphatic carboxylic acids is 1. The lowest BCUT2D eigenvalue weighted by Crippen LogP contribution is -2.36. The van der Waals surface area contributed by atoms with Crippen LogP contribution in [0.4, 0.5) is 11.4 Å². The molecule has 0 amide bonds. The average molecular weight is 440 g/mol. The summed E-state index contributed by atoms with van der Waals surface area (Å²) in [5.41, 5.74) is -0.807. The molecule has 0 saturated carbocycles. The van der Waals surface area contributed by atoms with Gasteiger partial charge in [-0.3, -0.25) is 19.2 Å². The third-order valence-corrected chi connectivity index (χ3v) is 5.98.